The summed E-state index contributed by atoms with van der Waals surface area (Å²) in [5, 5.41) is 16.9. The predicted molar refractivity (Wildman–Crippen MR) is 94.2 cm³/mol. The number of carbonyl (C=O) groups is 1. The Labute approximate surface area is 145 Å². The van der Waals surface area contributed by atoms with Crippen molar-refractivity contribution < 1.29 is 18.7 Å². The lowest BCUT2D eigenvalue weighted by atomic mass is 10.0. The van der Waals surface area contributed by atoms with E-state index in [1.165, 1.54) is 0 Å². The number of amides is 2. The highest BCUT2D eigenvalue weighted by Crippen LogP contribution is 2.25. The molecule has 0 bridgehead atoms. The molecule has 0 spiro atoms. The molecule has 0 radical (unpaired) electrons. The summed E-state index contributed by atoms with van der Waals surface area (Å²) in [6, 6.07) is 10.8. The fourth-order valence-electron chi connectivity index (χ4n) is 2.68. The minimum Gasteiger partial charge on any atom is -0.463 e. The van der Waals surface area contributed by atoms with Crippen molar-refractivity contribution in [2.24, 2.45) is 0 Å². The van der Waals surface area contributed by atoms with E-state index in [0.717, 1.165) is 16.5 Å². The van der Waals surface area contributed by atoms with E-state index in [4.69, 9.17) is 8.83 Å². The van der Waals surface area contributed by atoms with Crippen LogP contribution in [0.25, 0.3) is 11.0 Å². The van der Waals surface area contributed by atoms with Crippen LogP contribution < -0.4 is 10.6 Å². The molecule has 6 heteroatoms. The van der Waals surface area contributed by atoms with E-state index >= 15 is 0 Å². The monoisotopic (exact) mass is 342 g/mol. The maximum atomic E-state index is 12.0. The molecule has 0 fully saturated rings. The third-order valence-electron chi connectivity index (χ3n) is 4.22. The standard InChI is InChI=1S/C19H22N2O4/c1-12-8-9-17(24-12)19(3,23)11-21-18(22)20-10-16-13(2)14-6-4-5-7-15(14)25-16/h4-9,23H,10-11H2,1-3H3,(H2,20,21,22). The number of para-hydroxylation sites is 1. The lowest BCUT2D eigenvalue weighted by molar-refractivity contribution is 0.0359. The number of nitrogens with one attached hydrogen (secondary N) is 2. The normalized spacial score (nSPS) is 13.6. The first kappa shape index (κ1) is 17.1. The van der Waals surface area contributed by atoms with Crippen molar-refractivity contribution >= 4 is 17.0 Å². The fourth-order valence-corrected chi connectivity index (χ4v) is 2.68. The Bertz CT molecular complexity index is 892. The summed E-state index contributed by atoms with van der Waals surface area (Å²) in [5.41, 5.74) is 0.531. The van der Waals surface area contributed by atoms with Gasteiger partial charge in [-0.25, -0.2) is 4.79 Å². The molecule has 3 N–H and O–H groups in total. The first-order chi connectivity index (χ1) is 11.9. The van der Waals surface area contributed by atoms with E-state index in [2.05, 4.69) is 10.6 Å². The Kier molecular flexibility index (Phi) is 4.55. The Morgan fingerprint density at radius 1 is 1.12 bits per heavy atom. The van der Waals surface area contributed by atoms with E-state index in [9.17, 15) is 9.90 Å². The van der Waals surface area contributed by atoms with Gasteiger partial charge in [0.15, 0.2) is 0 Å². The lowest BCUT2D eigenvalue weighted by Gasteiger charge is -2.21. The molecule has 2 heterocycles. The van der Waals surface area contributed by atoms with E-state index in [1.54, 1.807) is 26.0 Å². The SMILES string of the molecule is Cc1ccc(C(C)(O)CNC(=O)NCc2oc3ccccc3c2C)o1. The Hall–Kier alpha value is -2.73. The summed E-state index contributed by atoms with van der Waals surface area (Å²) >= 11 is 0. The average molecular weight is 342 g/mol. The number of aliphatic hydroxyl groups is 1. The molecule has 1 unspecified atom stereocenters. The summed E-state index contributed by atoms with van der Waals surface area (Å²) < 4.78 is 11.2. The largest absolute Gasteiger partial charge is 0.463 e. The average Bonchev–Trinajstić information content (AvgIpc) is 3.16. The number of furan rings is 2. The molecule has 0 saturated carbocycles. The summed E-state index contributed by atoms with van der Waals surface area (Å²) in [6.45, 7) is 5.66. The zero-order chi connectivity index (χ0) is 18.0. The van der Waals surface area contributed by atoms with Gasteiger partial charge in [0, 0.05) is 10.9 Å². The van der Waals surface area contributed by atoms with Gasteiger partial charge in [-0.3, -0.25) is 0 Å². The van der Waals surface area contributed by atoms with Crippen molar-refractivity contribution in [2.45, 2.75) is 32.9 Å². The molecular formula is C19H22N2O4. The quantitative estimate of drug-likeness (QED) is 0.663. The van der Waals surface area contributed by atoms with Gasteiger partial charge in [0.25, 0.3) is 0 Å². The summed E-state index contributed by atoms with van der Waals surface area (Å²) in [6.07, 6.45) is 0. The van der Waals surface area contributed by atoms with Gasteiger partial charge in [-0.05, 0) is 39.0 Å². The first-order valence-corrected chi connectivity index (χ1v) is 8.15. The first-order valence-electron chi connectivity index (χ1n) is 8.15. The number of rotatable bonds is 5. The molecule has 3 aromatic rings. The number of aryl methyl sites for hydroxylation is 2. The number of hydrogen-bond donors (Lipinski definition) is 3. The topological polar surface area (TPSA) is 87.6 Å². The van der Waals surface area contributed by atoms with Gasteiger partial charge in [-0.15, -0.1) is 0 Å². The number of hydrogen-bond acceptors (Lipinski definition) is 4. The molecule has 25 heavy (non-hydrogen) atoms. The smallest absolute Gasteiger partial charge is 0.315 e. The molecule has 132 valence electrons. The third-order valence-corrected chi connectivity index (χ3v) is 4.22. The van der Waals surface area contributed by atoms with Crippen molar-refractivity contribution in [1.29, 1.82) is 0 Å². The van der Waals surface area contributed by atoms with Crippen molar-refractivity contribution in [3.8, 4) is 0 Å². The van der Waals surface area contributed by atoms with Gasteiger partial charge in [-0.1, -0.05) is 18.2 Å². The van der Waals surface area contributed by atoms with Gasteiger partial charge in [0.05, 0.1) is 13.1 Å². The Morgan fingerprint density at radius 3 is 2.56 bits per heavy atom. The third kappa shape index (κ3) is 3.69. The number of benzene rings is 1. The number of carbonyl (C=O) groups excluding carboxylic acids is 1. The van der Waals surface area contributed by atoms with Gasteiger partial charge in [0.1, 0.15) is 28.5 Å². The minimum absolute atomic E-state index is 0.0326. The molecular weight excluding hydrogens is 320 g/mol. The van der Waals surface area contributed by atoms with Crippen LogP contribution in [0.2, 0.25) is 0 Å². The molecule has 0 aliphatic heterocycles. The van der Waals surface area contributed by atoms with Crippen LogP contribution in [0.5, 0.6) is 0 Å². The lowest BCUT2D eigenvalue weighted by Crippen LogP contribution is -2.43. The van der Waals surface area contributed by atoms with E-state index in [0.29, 0.717) is 17.3 Å². The molecule has 0 aliphatic carbocycles. The van der Waals surface area contributed by atoms with Gasteiger partial charge < -0.3 is 24.6 Å². The molecule has 2 amide bonds. The molecule has 2 aromatic heterocycles. The molecule has 3 rings (SSSR count). The molecule has 0 aliphatic rings. The summed E-state index contributed by atoms with van der Waals surface area (Å²) in [4.78, 5) is 12.0. The number of urea groups is 1. The van der Waals surface area contributed by atoms with Crippen LogP contribution in [0.15, 0.2) is 45.2 Å². The van der Waals surface area contributed by atoms with Crippen LogP contribution in [0.4, 0.5) is 4.79 Å². The van der Waals surface area contributed by atoms with E-state index in [-0.39, 0.29) is 19.1 Å². The zero-order valence-corrected chi connectivity index (χ0v) is 14.6. The second kappa shape index (κ2) is 6.64. The zero-order valence-electron chi connectivity index (χ0n) is 14.6. The maximum Gasteiger partial charge on any atom is 0.315 e. The number of fused-ring (bicyclic) bond motifs is 1. The van der Waals surface area contributed by atoms with Crippen LogP contribution >= 0.6 is 0 Å². The Balaban J connectivity index is 1.56. The maximum absolute atomic E-state index is 12.0. The van der Waals surface area contributed by atoms with Crippen molar-refractivity contribution in [2.75, 3.05) is 6.54 Å². The van der Waals surface area contributed by atoms with Crippen LogP contribution in [-0.2, 0) is 12.1 Å². The minimum atomic E-state index is -1.28. The van der Waals surface area contributed by atoms with Crippen LogP contribution in [0.1, 0.15) is 29.8 Å². The molecule has 1 aromatic carbocycles. The predicted octanol–water partition coefficient (Wildman–Crippen LogP) is 3.35. The van der Waals surface area contributed by atoms with Crippen molar-refractivity contribution in [3.63, 3.8) is 0 Å². The summed E-state index contributed by atoms with van der Waals surface area (Å²) in [5.74, 6) is 1.84. The van der Waals surface area contributed by atoms with Crippen molar-refractivity contribution in [3.05, 3.63) is 59.2 Å². The molecule has 6 nitrogen and oxygen atoms in total. The molecule has 0 saturated heterocycles. The second-order valence-electron chi connectivity index (χ2n) is 6.37. The highest BCUT2D eigenvalue weighted by molar-refractivity contribution is 5.82. The van der Waals surface area contributed by atoms with Crippen LogP contribution in [0.3, 0.4) is 0 Å². The van der Waals surface area contributed by atoms with Gasteiger partial charge in [-0.2, -0.15) is 0 Å². The Morgan fingerprint density at radius 2 is 1.88 bits per heavy atom. The van der Waals surface area contributed by atoms with Crippen molar-refractivity contribution in [1.82, 2.24) is 10.6 Å². The van der Waals surface area contributed by atoms with Crippen LogP contribution in [0, 0.1) is 13.8 Å². The van der Waals surface area contributed by atoms with E-state index in [1.807, 2.05) is 31.2 Å². The van der Waals surface area contributed by atoms with E-state index < -0.39 is 5.60 Å². The van der Waals surface area contributed by atoms with Gasteiger partial charge in [0.2, 0.25) is 0 Å². The molecule has 1 atom stereocenters. The highest BCUT2D eigenvalue weighted by Gasteiger charge is 2.27. The van der Waals surface area contributed by atoms with Gasteiger partial charge >= 0.3 is 6.03 Å². The second-order valence-corrected chi connectivity index (χ2v) is 6.37. The summed E-state index contributed by atoms with van der Waals surface area (Å²) in [7, 11) is 0. The fraction of sp³-hybridized carbons (Fsp3) is 0.316. The highest BCUT2D eigenvalue weighted by atomic mass is 16.4. The van der Waals surface area contributed by atoms with Crippen LogP contribution in [-0.4, -0.2) is 17.7 Å².